The Morgan fingerprint density at radius 2 is 1.25 bits per heavy atom. The van der Waals surface area contributed by atoms with E-state index in [9.17, 15) is 0 Å². The van der Waals surface area contributed by atoms with Crippen LogP contribution < -0.4 is 0 Å². The summed E-state index contributed by atoms with van der Waals surface area (Å²) in [4.78, 5) is 2.08. The van der Waals surface area contributed by atoms with Crippen molar-refractivity contribution in [2.75, 3.05) is 0 Å². The Balaban J connectivity index is 3.46. The van der Waals surface area contributed by atoms with Crippen LogP contribution in [0.15, 0.2) is 0 Å². The van der Waals surface area contributed by atoms with Gasteiger partial charge >= 0.3 is 0 Å². The fraction of sp³-hybridized carbons (Fsp3) is 0.857. The highest BCUT2D eigenvalue weighted by molar-refractivity contribution is 4.64. The topological polar surface area (TPSA) is 3.24 Å². The van der Waals surface area contributed by atoms with E-state index in [4.69, 9.17) is 0 Å². The molecule has 49 valence electrons. The van der Waals surface area contributed by atoms with E-state index in [1.54, 1.807) is 0 Å². The summed E-state index contributed by atoms with van der Waals surface area (Å²) in [6.07, 6.45) is 0. The molecule has 0 bridgehead atoms. The third-order valence-electron chi connectivity index (χ3n) is 1.33. The Hall–Kier alpha value is -0.0400. The molecule has 1 heteroatoms. The summed E-state index contributed by atoms with van der Waals surface area (Å²) in [5.41, 5.74) is 0. The fourth-order valence-electron chi connectivity index (χ4n) is 0.596. The second-order valence-corrected chi connectivity index (χ2v) is 2.70. The van der Waals surface area contributed by atoms with Crippen molar-refractivity contribution in [1.29, 1.82) is 0 Å². The van der Waals surface area contributed by atoms with Crippen molar-refractivity contribution in [2.45, 2.75) is 39.8 Å². The van der Waals surface area contributed by atoms with Crippen molar-refractivity contribution in [3.05, 3.63) is 7.05 Å². The predicted octanol–water partition coefficient (Wildman–Crippen LogP) is 1.90. The minimum atomic E-state index is 0.565. The number of hydrogen-bond acceptors (Lipinski definition) is 1. The fourth-order valence-corrected chi connectivity index (χ4v) is 0.596. The zero-order valence-electron chi connectivity index (χ0n) is 6.31. The first-order valence-electron chi connectivity index (χ1n) is 3.14. The molecule has 0 saturated carbocycles. The lowest BCUT2D eigenvalue weighted by Crippen LogP contribution is -2.30. The van der Waals surface area contributed by atoms with Gasteiger partial charge in [-0.25, -0.2) is 0 Å². The first kappa shape index (κ1) is 7.96. The predicted molar refractivity (Wildman–Crippen MR) is 37.5 cm³/mol. The van der Waals surface area contributed by atoms with Crippen LogP contribution in [0.1, 0.15) is 27.7 Å². The second-order valence-electron chi connectivity index (χ2n) is 2.70. The summed E-state index contributed by atoms with van der Waals surface area (Å²) in [5, 5.41) is 0. The SMILES string of the molecule is [CH2]N(C(C)C)C(C)C. The van der Waals surface area contributed by atoms with Gasteiger partial charge in [-0.15, -0.1) is 0 Å². The van der Waals surface area contributed by atoms with Crippen LogP contribution in [-0.2, 0) is 0 Å². The van der Waals surface area contributed by atoms with Crippen LogP contribution in [0.2, 0.25) is 0 Å². The van der Waals surface area contributed by atoms with Gasteiger partial charge in [-0.2, -0.15) is 0 Å². The molecular weight excluding hydrogens is 98.1 g/mol. The summed E-state index contributed by atoms with van der Waals surface area (Å²) in [5.74, 6) is 0. The maximum absolute atomic E-state index is 3.87. The van der Waals surface area contributed by atoms with Gasteiger partial charge in [0.15, 0.2) is 0 Å². The Morgan fingerprint density at radius 3 is 1.25 bits per heavy atom. The molecule has 0 atom stereocenters. The van der Waals surface area contributed by atoms with Crippen molar-refractivity contribution in [2.24, 2.45) is 0 Å². The summed E-state index contributed by atoms with van der Waals surface area (Å²) >= 11 is 0. The Morgan fingerprint density at radius 1 is 1.00 bits per heavy atom. The summed E-state index contributed by atoms with van der Waals surface area (Å²) < 4.78 is 0. The summed E-state index contributed by atoms with van der Waals surface area (Å²) in [7, 11) is 3.87. The largest absolute Gasteiger partial charge is 0.297 e. The molecule has 0 fully saturated rings. The van der Waals surface area contributed by atoms with Crippen molar-refractivity contribution < 1.29 is 0 Å². The molecule has 0 unspecified atom stereocenters. The van der Waals surface area contributed by atoms with Crippen LogP contribution in [0, 0.1) is 7.05 Å². The van der Waals surface area contributed by atoms with Crippen LogP contribution in [-0.4, -0.2) is 17.0 Å². The minimum Gasteiger partial charge on any atom is -0.297 e. The molecule has 1 radical (unpaired) electrons. The van der Waals surface area contributed by atoms with Crippen LogP contribution in [0.3, 0.4) is 0 Å². The van der Waals surface area contributed by atoms with Gasteiger partial charge in [-0.3, -0.25) is 4.90 Å². The molecule has 0 aromatic rings. The maximum Gasteiger partial charge on any atom is 0.0115 e. The molecule has 0 spiro atoms. The van der Waals surface area contributed by atoms with Gasteiger partial charge in [0.05, 0.1) is 0 Å². The zero-order chi connectivity index (χ0) is 6.73. The van der Waals surface area contributed by atoms with Crippen LogP contribution >= 0.6 is 0 Å². The van der Waals surface area contributed by atoms with E-state index in [1.165, 1.54) is 0 Å². The van der Waals surface area contributed by atoms with Crippen LogP contribution in [0.25, 0.3) is 0 Å². The van der Waals surface area contributed by atoms with E-state index < -0.39 is 0 Å². The number of hydrogen-bond donors (Lipinski definition) is 0. The normalized spacial score (nSPS) is 12.0. The van der Waals surface area contributed by atoms with Gasteiger partial charge in [0.1, 0.15) is 0 Å². The van der Waals surface area contributed by atoms with Crippen LogP contribution in [0.5, 0.6) is 0 Å². The number of rotatable bonds is 2. The molecule has 0 aliphatic carbocycles. The quantitative estimate of drug-likeness (QED) is 0.530. The molecule has 1 nitrogen and oxygen atoms in total. The first-order chi connectivity index (χ1) is 3.55. The molecule has 0 aliphatic heterocycles. The van der Waals surface area contributed by atoms with E-state index in [1.807, 2.05) is 0 Å². The maximum atomic E-state index is 3.87. The minimum absolute atomic E-state index is 0.565. The molecule has 0 aromatic heterocycles. The van der Waals surface area contributed by atoms with E-state index >= 15 is 0 Å². The van der Waals surface area contributed by atoms with Gasteiger partial charge < -0.3 is 0 Å². The number of nitrogens with zero attached hydrogens (tertiary/aromatic N) is 1. The zero-order valence-corrected chi connectivity index (χ0v) is 6.31. The molecule has 0 heterocycles. The van der Waals surface area contributed by atoms with Gasteiger partial charge in [0.2, 0.25) is 0 Å². The molecule has 0 aromatic carbocycles. The lowest BCUT2D eigenvalue weighted by molar-refractivity contribution is 0.251. The Labute approximate surface area is 52.7 Å². The molecule has 0 amide bonds. The molecule has 0 rings (SSSR count). The molecule has 8 heavy (non-hydrogen) atoms. The second kappa shape index (κ2) is 3.08. The highest BCUT2D eigenvalue weighted by atomic mass is 15.1. The van der Waals surface area contributed by atoms with E-state index in [-0.39, 0.29) is 0 Å². The molecule has 0 N–H and O–H groups in total. The summed E-state index contributed by atoms with van der Waals surface area (Å²) in [6.45, 7) is 8.58. The monoisotopic (exact) mass is 114 g/mol. The van der Waals surface area contributed by atoms with Crippen molar-refractivity contribution >= 4 is 0 Å². The Kier molecular flexibility index (Phi) is 3.06. The van der Waals surface area contributed by atoms with Gasteiger partial charge in [-0.1, -0.05) is 0 Å². The van der Waals surface area contributed by atoms with E-state index in [2.05, 4.69) is 39.6 Å². The van der Waals surface area contributed by atoms with Gasteiger partial charge in [0, 0.05) is 19.1 Å². The average Bonchev–Trinajstić information content (AvgIpc) is 1.64. The molecule has 0 saturated heterocycles. The third-order valence-corrected chi connectivity index (χ3v) is 1.33. The van der Waals surface area contributed by atoms with Gasteiger partial charge in [0.25, 0.3) is 0 Å². The van der Waals surface area contributed by atoms with Crippen molar-refractivity contribution in [3.63, 3.8) is 0 Å². The standard InChI is InChI=1S/C7H16N/c1-6(2)8(5)7(3)4/h6-7H,5H2,1-4H3. The van der Waals surface area contributed by atoms with Crippen LogP contribution in [0.4, 0.5) is 0 Å². The Bertz CT molecular complexity index is 49.4. The first-order valence-corrected chi connectivity index (χ1v) is 3.14. The third kappa shape index (κ3) is 2.31. The van der Waals surface area contributed by atoms with Gasteiger partial charge in [-0.05, 0) is 27.7 Å². The smallest absolute Gasteiger partial charge is 0.0115 e. The average molecular weight is 114 g/mol. The van der Waals surface area contributed by atoms with E-state index in [0.29, 0.717) is 12.1 Å². The molecule has 0 aliphatic rings. The van der Waals surface area contributed by atoms with E-state index in [0.717, 1.165) is 0 Å². The van der Waals surface area contributed by atoms with Crippen molar-refractivity contribution in [1.82, 2.24) is 4.90 Å². The summed E-state index contributed by atoms with van der Waals surface area (Å²) in [6, 6.07) is 1.13. The lowest BCUT2D eigenvalue weighted by atomic mass is 10.3. The lowest BCUT2D eigenvalue weighted by Gasteiger charge is -2.24. The molecular formula is C7H16N. The highest BCUT2D eigenvalue weighted by Crippen LogP contribution is 2.00. The highest BCUT2D eigenvalue weighted by Gasteiger charge is 2.05. The van der Waals surface area contributed by atoms with Crippen molar-refractivity contribution in [3.8, 4) is 0 Å².